The van der Waals surface area contributed by atoms with Crippen LogP contribution in [0.1, 0.15) is 11.3 Å². The van der Waals surface area contributed by atoms with Crippen LogP contribution in [0.3, 0.4) is 0 Å². The van der Waals surface area contributed by atoms with Crippen LogP contribution in [0.4, 0.5) is 13.2 Å². The number of alkyl halides is 3. The van der Waals surface area contributed by atoms with Gasteiger partial charge in [-0.15, -0.1) is 12.3 Å². The molecule has 0 saturated heterocycles. The molecule has 0 saturated carbocycles. The van der Waals surface area contributed by atoms with E-state index in [0.717, 1.165) is 6.07 Å². The number of rotatable bonds is 1. The molecular weight excluding hydrogens is 179 g/mol. The normalized spacial score (nSPS) is 10.9. The minimum Gasteiger partial charge on any atom is -0.260 e. The van der Waals surface area contributed by atoms with Crippen molar-refractivity contribution in [3.05, 3.63) is 29.6 Å². The summed E-state index contributed by atoms with van der Waals surface area (Å²) in [6, 6.07) is 2.21. The van der Waals surface area contributed by atoms with Crippen molar-refractivity contribution < 1.29 is 13.2 Å². The summed E-state index contributed by atoms with van der Waals surface area (Å²) in [5.41, 5.74) is -0.856. The van der Waals surface area contributed by atoms with Crippen LogP contribution in [-0.4, -0.2) is 4.98 Å². The maximum atomic E-state index is 12.3. The highest BCUT2D eigenvalue weighted by Crippen LogP contribution is 2.30. The molecule has 13 heavy (non-hydrogen) atoms. The zero-order chi connectivity index (χ0) is 9.90. The monoisotopic (exact) mass is 185 g/mol. The van der Waals surface area contributed by atoms with E-state index in [1.165, 1.54) is 12.3 Å². The number of terminal acetylenes is 1. The molecule has 0 spiro atoms. The summed E-state index contributed by atoms with van der Waals surface area (Å²) >= 11 is 0. The Bertz CT molecular complexity index is 335. The van der Waals surface area contributed by atoms with Gasteiger partial charge in [-0.25, -0.2) is 0 Å². The standard InChI is InChI=1S/C9H6F3N/c1-2-4-8-7(9(10,11)12)5-3-6-13-8/h1,3,5-6H,4H2. The Hall–Kier alpha value is -1.50. The van der Waals surface area contributed by atoms with E-state index in [4.69, 9.17) is 6.42 Å². The van der Waals surface area contributed by atoms with Crippen molar-refractivity contribution in [3.63, 3.8) is 0 Å². The van der Waals surface area contributed by atoms with E-state index in [1.807, 2.05) is 0 Å². The van der Waals surface area contributed by atoms with Crippen molar-refractivity contribution in [3.8, 4) is 12.3 Å². The fourth-order valence-corrected chi connectivity index (χ4v) is 0.934. The second kappa shape index (κ2) is 3.48. The summed E-state index contributed by atoms with van der Waals surface area (Å²) in [6.45, 7) is 0. The molecular formula is C9H6F3N. The predicted octanol–water partition coefficient (Wildman–Crippen LogP) is 2.28. The van der Waals surface area contributed by atoms with E-state index >= 15 is 0 Å². The highest BCUT2D eigenvalue weighted by molar-refractivity contribution is 5.25. The van der Waals surface area contributed by atoms with E-state index in [0.29, 0.717) is 0 Å². The maximum Gasteiger partial charge on any atom is 0.418 e. The van der Waals surface area contributed by atoms with Gasteiger partial charge in [0, 0.05) is 6.20 Å². The van der Waals surface area contributed by atoms with Crippen LogP contribution in [0.2, 0.25) is 0 Å². The number of nitrogens with zero attached hydrogens (tertiary/aromatic N) is 1. The van der Waals surface area contributed by atoms with Crippen LogP contribution < -0.4 is 0 Å². The molecule has 0 aliphatic carbocycles. The molecule has 1 heterocycles. The molecule has 0 N–H and O–H groups in total. The van der Waals surface area contributed by atoms with Crippen LogP contribution in [-0.2, 0) is 12.6 Å². The van der Waals surface area contributed by atoms with Crippen LogP contribution in [0.15, 0.2) is 18.3 Å². The zero-order valence-electron chi connectivity index (χ0n) is 6.60. The third-order valence-corrected chi connectivity index (χ3v) is 1.47. The quantitative estimate of drug-likeness (QED) is 0.611. The number of hydrogen-bond acceptors (Lipinski definition) is 1. The topological polar surface area (TPSA) is 12.9 Å². The average Bonchev–Trinajstić information content (AvgIpc) is 2.04. The first-order chi connectivity index (χ1) is 6.05. The molecule has 4 heteroatoms. The van der Waals surface area contributed by atoms with Gasteiger partial charge in [0.15, 0.2) is 0 Å². The second-order valence-electron chi connectivity index (χ2n) is 2.38. The van der Waals surface area contributed by atoms with Crippen molar-refractivity contribution in [2.45, 2.75) is 12.6 Å². The summed E-state index contributed by atoms with van der Waals surface area (Å²) in [5.74, 6) is 2.13. The molecule has 68 valence electrons. The van der Waals surface area contributed by atoms with Crippen LogP contribution in [0.5, 0.6) is 0 Å². The van der Waals surface area contributed by atoms with E-state index in [9.17, 15) is 13.2 Å². The lowest BCUT2D eigenvalue weighted by Crippen LogP contribution is -2.10. The number of pyridine rings is 1. The van der Waals surface area contributed by atoms with Crippen molar-refractivity contribution in [2.24, 2.45) is 0 Å². The van der Waals surface area contributed by atoms with Gasteiger partial charge in [0.05, 0.1) is 17.7 Å². The van der Waals surface area contributed by atoms with Crippen LogP contribution in [0, 0.1) is 12.3 Å². The van der Waals surface area contributed by atoms with Gasteiger partial charge in [-0.3, -0.25) is 4.98 Å². The van der Waals surface area contributed by atoms with Crippen molar-refractivity contribution in [2.75, 3.05) is 0 Å². The lowest BCUT2D eigenvalue weighted by Gasteiger charge is -2.08. The van der Waals surface area contributed by atoms with Gasteiger partial charge in [-0.1, -0.05) is 0 Å². The average molecular weight is 185 g/mol. The maximum absolute atomic E-state index is 12.3. The SMILES string of the molecule is C#CCc1ncccc1C(F)(F)F. The number of hydrogen-bond donors (Lipinski definition) is 0. The minimum atomic E-state index is -4.37. The van der Waals surface area contributed by atoms with Gasteiger partial charge < -0.3 is 0 Å². The molecule has 1 aromatic rings. The molecule has 1 nitrogen and oxygen atoms in total. The summed E-state index contributed by atoms with van der Waals surface area (Å²) in [5, 5.41) is 0. The summed E-state index contributed by atoms with van der Waals surface area (Å²) < 4.78 is 36.8. The molecule has 0 atom stereocenters. The first-order valence-electron chi connectivity index (χ1n) is 3.50. The Morgan fingerprint density at radius 3 is 2.69 bits per heavy atom. The smallest absolute Gasteiger partial charge is 0.260 e. The van der Waals surface area contributed by atoms with Gasteiger partial charge in [0.25, 0.3) is 0 Å². The first kappa shape index (κ1) is 9.59. The van der Waals surface area contributed by atoms with E-state index in [2.05, 4.69) is 10.9 Å². The second-order valence-corrected chi connectivity index (χ2v) is 2.38. The Kier molecular flexibility index (Phi) is 2.57. The molecule has 0 bridgehead atoms. The predicted molar refractivity (Wildman–Crippen MR) is 41.8 cm³/mol. The molecule has 0 aliphatic rings. The molecule has 0 aromatic carbocycles. The lowest BCUT2D eigenvalue weighted by molar-refractivity contribution is -0.138. The minimum absolute atomic E-state index is 0.0995. The van der Waals surface area contributed by atoms with Gasteiger partial charge in [0.2, 0.25) is 0 Å². The first-order valence-corrected chi connectivity index (χ1v) is 3.50. The van der Waals surface area contributed by atoms with Gasteiger partial charge in [-0.2, -0.15) is 13.2 Å². The fraction of sp³-hybridized carbons (Fsp3) is 0.222. The third kappa shape index (κ3) is 2.22. The highest BCUT2D eigenvalue weighted by atomic mass is 19.4. The molecule has 1 rings (SSSR count). The van der Waals surface area contributed by atoms with Gasteiger partial charge in [0.1, 0.15) is 0 Å². The third-order valence-electron chi connectivity index (χ3n) is 1.47. The lowest BCUT2D eigenvalue weighted by atomic mass is 10.1. The molecule has 1 aromatic heterocycles. The van der Waals surface area contributed by atoms with E-state index in [-0.39, 0.29) is 12.1 Å². The van der Waals surface area contributed by atoms with Crippen molar-refractivity contribution in [1.29, 1.82) is 0 Å². The Morgan fingerprint density at radius 1 is 1.46 bits per heavy atom. The Labute approximate surface area is 73.6 Å². The van der Waals surface area contributed by atoms with Crippen LogP contribution in [0.25, 0.3) is 0 Å². The largest absolute Gasteiger partial charge is 0.418 e. The van der Waals surface area contributed by atoms with Crippen molar-refractivity contribution >= 4 is 0 Å². The molecule has 0 amide bonds. The van der Waals surface area contributed by atoms with Gasteiger partial charge in [-0.05, 0) is 12.1 Å². The molecule has 0 unspecified atom stereocenters. The van der Waals surface area contributed by atoms with Crippen molar-refractivity contribution in [1.82, 2.24) is 4.98 Å². The molecule has 0 fully saturated rings. The molecule has 0 radical (unpaired) electrons. The number of aromatic nitrogens is 1. The Balaban J connectivity index is 3.14. The van der Waals surface area contributed by atoms with E-state index in [1.54, 1.807) is 0 Å². The Morgan fingerprint density at radius 2 is 2.15 bits per heavy atom. The van der Waals surface area contributed by atoms with Gasteiger partial charge >= 0.3 is 6.18 Å². The zero-order valence-corrected chi connectivity index (χ0v) is 6.60. The number of halogens is 3. The summed E-state index contributed by atoms with van der Waals surface area (Å²) in [4.78, 5) is 3.57. The highest BCUT2D eigenvalue weighted by Gasteiger charge is 2.33. The summed E-state index contributed by atoms with van der Waals surface area (Å²) in [7, 11) is 0. The molecule has 0 aliphatic heterocycles. The fourth-order valence-electron chi connectivity index (χ4n) is 0.934. The summed E-state index contributed by atoms with van der Waals surface area (Å²) in [6.07, 6.45) is 1.73. The van der Waals surface area contributed by atoms with Crippen LogP contribution >= 0.6 is 0 Å². The van der Waals surface area contributed by atoms with E-state index < -0.39 is 11.7 Å².